The Hall–Kier alpha value is -0.220. The van der Waals surface area contributed by atoms with Crippen molar-refractivity contribution < 1.29 is 15.0 Å². The van der Waals surface area contributed by atoms with E-state index in [9.17, 15) is 4.57 Å². The molecule has 88 valence electrons. The van der Waals surface area contributed by atoms with E-state index in [4.69, 9.17) is 9.05 Å². The Bertz CT molecular complexity index is 348. The highest BCUT2D eigenvalue weighted by atomic mass is 32.1. The molecular formula is C9H18NO3PS. The summed E-state index contributed by atoms with van der Waals surface area (Å²) >= 11 is 1.54. The van der Waals surface area contributed by atoms with Crippen LogP contribution in [0.25, 0.3) is 0 Å². The third kappa shape index (κ3) is 4.03. The van der Waals surface area contributed by atoms with E-state index in [2.05, 4.69) is 4.98 Å². The molecule has 0 aliphatic heterocycles. The molecule has 1 heterocycles. The van der Waals surface area contributed by atoms with Crippen LogP contribution in [0.4, 0.5) is 0 Å². The molecule has 6 heteroatoms. The lowest BCUT2D eigenvalue weighted by Crippen LogP contribution is -1.99. The largest absolute Gasteiger partial charge is 0.336 e. The highest BCUT2D eigenvalue weighted by Gasteiger charge is 2.25. The second-order valence-electron chi connectivity index (χ2n) is 2.96. The van der Waals surface area contributed by atoms with Crippen molar-refractivity contribution in [2.24, 2.45) is 0 Å². The summed E-state index contributed by atoms with van der Waals surface area (Å²) < 4.78 is 22.5. The van der Waals surface area contributed by atoms with Gasteiger partial charge in [-0.15, -0.1) is 11.3 Å². The molecule has 0 unspecified atom stereocenters. The van der Waals surface area contributed by atoms with Crippen molar-refractivity contribution in [1.82, 2.24) is 4.98 Å². The number of aryl methyl sites for hydroxylation is 1. The number of hydrogen-bond donors (Lipinski definition) is 0. The minimum absolute atomic E-state index is 0. The molecule has 0 saturated heterocycles. The van der Waals surface area contributed by atoms with Crippen LogP contribution in [0, 0.1) is 6.92 Å². The second-order valence-corrected chi connectivity index (χ2v) is 6.08. The van der Waals surface area contributed by atoms with Gasteiger partial charge in [0.15, 0.2) is 0 Å². The number of rotatable bonds is 6. The molecule has 0 atom stereocenters. The lowest BCUT2D eigenvalue weighted by molar-refractivity contribution is 0.219. The summed E-state index contributed by atoms with van der Waals surface area (Å²) in [6, 6.07) is 0. The lowest BCUT2D eigenvalue weighted by Gasteiger charge is -2.15. The first-order valence-electron chi connectivity index (χ1n) is 4.88. The van der Waals surface area contributed by atoms with E-state index in [0.717, 1.165) is 10.7 Å². The fourth-order valence-electron chi connectivity index (χ4n) is 1.20. The summed E-state index contributed by atoms with van der Waals surface area (Å²) in [5.41, 5.74) is 0.780. The average molecular weight is 252 g/mol. The molecule has 0 aromatic carbocycles. The second kappa shape index (κ2) is 5.75. The Morgan fingerprint density at radius 3 is 2.47 bits per heavy atom. The number of aromatic nitrogens is 1. The van der Waals surface area contributed by atoms with Gasteiger partial charge >= 0.3 is 7.60 Å². The normalized spacial score (nSPS) is 11.9. The fraction of sp³-hybridized carbons (Fsp3) is 0.667. The Morgan fingerprint density at radius 2 is 2.07 bits per heavy atom. The van der Waals surface area contributed by atoms with Gasteiger partial charge in [0.2, 0.25) is 0 Å². The number of thiazole rings is 1. The van der Waals surface area contributed by atoms with Crippen molar-refractivity contribution in [2.45, 2.75) is 26.9 Å². The first kappa shape index (κ1) is 12.8. The van der Waals surface area contributed by atoms with Gasteiger partial charge in [0.25, 0.3) is 0 Å². The molecule has 4 nitrogen and oxygen atoms in total. The summed E-state index contributed by atoms with van der Waals surface area (Å²) in [7, 11) is -2.98. The molecule has 15 heavy (non-hydrogen) atoms. The van der Waals surface area contributed by atoms with Crippen LogP contribution in [0.3, 0.4) is 0 Å². The molecule has 0 spiro atoms. The van der Waals surface area contributed by atoms with Gasteiger partial charge in [-0.25, -0.2) is 4.98 Å². The molecule has 0 N–H and O–H groups in total. The van der Waals surface area contributed by atoms with Crippen molar-refractivity contribution in [3.63, 3.8) is 0 Å². The molecule has 0 aliphatic carbocycles. The molecule has 0 fully saturated rings. The summed E-state index contributed by atoms with van der Waals surface area (Å²) in [4.78, 5) is 4.25. The minimum atomic E-state index is -2.98. The smallest absolute Gasteiger partial charge is 0.309 e. The summed E-state index contributed by atoms with van der Waals surface area (Å²) in [5.74, 6) is 0. The van der Waals surface area contributed by atoms with E-state index in [1.165, 1.54) is 11.3 Å². The van der Waals surface area contributed by atoms with Crippen LogP contribution >= 0.6 is 18.9 Å². The first-order chi connectivity index (χ1) is 7.09. The summed E-state index contributed by atoms with van der Waals surface area (Å²) in [6.45, 7) is 6.30. The van der Waals surface area contributed by atoms with Gasteiger partial charge in [0.05, 0.1) is 30.1 Å². The van der Waals surface area contributed by atoms with Crippen molar-refractivity contribution in [3.05, 3.63) is 16.1 Å². The van der Waals surface area contributed by atoms with Crippen molar-refractivity contribution >= 4 is 18.9 Å². The Morgan fingerprint density at radius 1 is 1.47 bits per heavy atom. The predicted octanol–water partition coefficient (Wildman–Crippen LogP) is 3.46. The third-order valence-corrected chi connectivity index (χ3v) is 4.51. The van der Waals surface area contributed by atoms with Gasteiger partial charge < -0.3 is 9.05 Å². The minimum Gasteiger partial charge on any atom is -0.309 e. The Balaban J connectivity index is 0.00000225. The predicted molar refractivity (Wildman–Crippen MR) is 63.5 cm³/mol. The van der Waals surface area contributed by atoms with E-state index in [1.807, 2.05) is 12.3 Å². The zero-order chi connectivity index (χ0) is 11.3. The van der Waals surface area contributed by atoms with Gasteiger partial charge in [-0.3, -0.25) is 4.57 Å². The van der Waals surface area contributed by atoms with E-state index < -0.39 is 7.60 Å². The third-order valence-electron chi connectivity index (χ3n) is 1.67. The SMILES string of the molecule is CCOP(=O)(Cc1csc(C)n1)OCC.[2HH]. The van der Waals surface area contributed by atoms with Crippen LogP contribution in [0.2, 0.25) is 0 Å². The van der Waals surface area contributed by atoms with Crippen LogP contribution in [-0.4, -0.2) is 18.2 Å². The molecule has 0 aliphatic rings. The maximum absolute atomic E-state index is 12.1. The molecule has 1 aromatic heterocycles. The number of hydrogen-bond acceptors (Lipinski definition) is 5. The van der Waals surface area contributed by atoms with Crippen LogP contribution in [0.5, 0.6) is 0 Å². The fourth-order valence-corrected chi connectivity index (χ4v) is 3.54. The summed E-state index contributed by atoms with van der Waals surface area (Å²) in [5, 5.41) is 2.85. The van der Waals surface area contributed by atoms with Crippen LogP contribution in [0.1, 0.15) is 26.0 Å². The Labute approximate surface area is 95.7 Å². The molecule has 1 rings (SSSR count). The van der Waals surface area contributed by atoms with Crippen molar-refractivity contribution in [1.29, 1.82) is 0 Å². The standard InChI is InChI=1S/C9H16NO3PS.H2/c1-4-12-14(11,13-5-2)6-9-7-15-8(3)10-9;/h7H,4-6H2,1-3H3;1H/i;1+1. The molecule has 0 saturated carbocycles. The van der Waals surface area contributed by atoms with Crippen LogP contribution < -0.4 is 0 Å². The molecular weight excluding hydrogens is 233 g/mol. The molecule has 0 bridgehead atoms. The lowest BCUT2D eigenvalue weighted by atomic mass is 10.6. The number of nitrogens with zero attached hydrogens (tertiary/aromatic N) is 1. The zero-order valence-corrected chi connectivity index (χ0v) is 10.9. The van der Waals surface area contributed by atoms with Crippen LogP contribution in [0.15, 0.2) is 5.38 Å². The Kier molecular flexibility index (Phi) is 4.93. The van der Waals surface area contributed by atoms with E-state index in [1.54, 1.807) is 13.8 Å². The highest BCUT2D eigenvalue weighted by Crippen LogP contribution is 2.51. The van der Waals surface area contributed by atoms with Gasteiger partial charge in [-0.2, -0.15) is 0 Å². The van der Waals surface area contributed by atoms with E-state index in [0.29, 0.717) is 13.2 Å². The average Bonchev–Trinajstić information content (AvgIpc) is 2.51. The maximum atomic E-state index is 12.1. The van der Waals surface area contributed by atoms with E-state index in [-0.39, 0.29) is 7.59 Å². The molecule has 0 amide bonds. The van der Waals surface area contributed by atoms with Gasteiger partial charge in [0, 0.05) is 6.81 Å². The molecule has 0 radical (unpaired) electrons. The first-order valence-corrected chi connectivity index (χ1v) is 7.49. The topological polar surface area (TPSA) is 48.4 Å². The van der Waals surface area contributed by atoms with Gasteiger partial charge in [-0.05, 0) is 20.8 Å². The quantitative estimate of drug-likeness (QED) is 0.727. The van der Waals surface area contributed by atoms with E-state index >= 15 is 0 Å². The van der Waals surface area contributed by atoms with Crippen molar-refractivity contribution in [3.8, 4) is 0 Å². The zero-order valence-electron chi connectivity index (χ0n) is 9.23. The highest BCUT2D eigenvalue weighted by molar-refractivity contribution is 7.53. The van der Waals surface area contributed by atoms with Gasteiger partial charge in [0.1, 0.15) is 0 Å². The van der Waals surface area contributed by atoms with Crippen molar-refractivity contribution in [2.75, 3.05) is 13.2 Å². The van der Waals surface area contributed by atoms with Crippen LogP contribution in [-0.2, 0) is 19.8 Å². The summed E-state index contributed by atoms with van der Waals surface area (Å²) in [6.07, 6.45) is 0.263. The maximum Gasteiger partial charge on any atom is 0.336 e. The molecule has 1 aromatic rings. The monoisotopic (exact) mass is 252 g/mol. The van der Waals surface area contributed by atoms with Gasteiger partial charge in [-0.1, -0.05) is 0 Å².